The summed E-state index contributed by atoms with van der Waals surface area (Å²) in [7, 11) is 0. The minimum Gasteiger partial charge on any atom is -0.492 e. The van der Waals surface area contributed by atoms with Crippen LogP contribution in [-0.4, -0.2) is 22.1 Å². The van der Waals surface area contributed by atoms with Crippen LogP contribution in [0.4, 0.5) is 0 Å². The number of nitrogens with zero attached hydrogens (tertiary/aromatic N) is 2. The van der Waals surface area contributed by atoms with Crippen LogP contribution in [-0.2, 0) is 17.8 Å². The number of nitrogens with one attached hydrogen (secondary N) is 1. The molecule has 0 aliphatic rings. The van der Waals surface area contributed by atoms with Gasteiger partial charge in [0.1, 0.15) is 18.2 Å². The highest BCUT2D eigenvalue weighted by Crippen LogP contribution is 2.22. The van der Waals surface area contributed by atoms with Gasteiger partial charge < -0.3 is 14.6 Å². The van der Waals surface area contributed by atoms with E-state index in [9.17, 15) is 4.79 Å². The summed E-state index contributed by atoms with van der Waals surface area (Å²) in [6, 6.07) is 22.2. The number of carbonyl (C=O) groups excluding carboxylic acids is 1. The Morgan fingerprint density at radius 2 is 1.66 bits per heavy atom. The molecule has 1 N–H and O–H groups in total. The maximum absolute atomic E-state index is 12.6. The standard InChI is InChI=1S/C25H23Cl2N3O2/c1-17(28-24(31)16-18-6-8-19(26)9-7-18)25-29-22-4-2-3-5-23(22)30(25)14-15-32-21-12-10-20(27)11-13-21/h2-13,17H,14-16H2,1H3,(H,28,31). The molecule has 1 heterocycles. The molecular weight excluding hydrogens is 445 g/mol. The molecule has 0 spiro atoms. The van der Waals surface area contributed by atoms with Crippen molar-refractivity contribution in [1.29, 1.82) is 0 Å². The Morgan fingerprint density at radius 3 is 2.38 bits per heavy atom. The molecule has 1 aromatic heterocycles. The maximum atomic E-state index is 12.6. The number of halogens is 2. The van der Waals surface area contributed by atoms with E-state index in [1.807, 2.05) is 55.5 Å². The number of hydrogen-bond acceptors (Lipinski definition) is 3. The van der Waals surface area contributed by atoms with E-state index in [-0.39, 0.29) is 18.4 Å². The summed E-state index contributed by atoms with van der Waals surface area (Å²) in [6.45, 7) is 2.99. The third-order valence-electron chi connectivity index (χ3n) is 5.12. The van der Waals surface area contributed by atoms with Crippen LogP contribution in [0.25, 0.3) is 11.0 Å². The normalized spacial score (nSPS) is 12.0. The van der Waals surface area contributed by atoms with Crippen LogP contribution in [0.15, 0.2) is 72.8 Å². The second-order valence-electron chi connectivity index (χ2n) is 7.51. The Balaban J connectivity index is 1.47. The van der Waals surface area contributed by atoms with E-state index in [4.69, 9.17) is 32.9 Å². The van der Waals surface area contributed by atoms with Gasteiger partial charge >= 0.3 is 0 Å². The topological polar surface area (TPSA) is 56.2 Å². The number of carbonyl (C=O) groups is 1. The molecule has 0 radical (unpaired) electrons. The molecular formula is C25H23Cl2N3O2. The number of para-hydroxylation sites is 2. The van der Waals surface area contributed by atoms with Gasteiger partial charge in [0.05, 0.1) is 30.0 Å². The molecule has 0 saturated carbocycles. The number of amides is 1. The van der Waals surface area contributed by atoms with Gasteiger partial charge in [0.2, 0.25) is 5.91 Å². The minimum atomic E-state index is -0.266. The van der Waals surface area contributed by atoms with Gasteiger partial charge in [-0.25, -0.2) is 4.98 Å². The van der Waals surface area contributed by atoms with Crippen LogP contribution >= 0.6 is 23.2 Å². The molecule has 4 rings (SSSR count). The van der Waals surface area contributed by atoms with E-state index in [2.05, 4.69) is 9.88 Å². The third kappa shape index (κ3) is 5.42. The largest absolute Gasteiger partial charge is 0.492 e. The van der Waals surface area contributed by atoms with Crippen molar-refractivity contribution in [1.82, 2.24) is 14.9 Å². The van der Waals surface area contributed by atoms with Crippen molar-refractivity contribution in [3.8, 4) is 5.75 Å². The lowest BCUT2D eigenvalue weighted by molar-refractivity contribution is -0.121. The van der Waals surface area contributed by atoms with Gasteiger partial charge in [-0.2, -0.15) is 0 Å². The monoisotopic (exact) mass is 467 g/mol. The van der Waals surface area contributed by atoms with Crippen LogP contribution in [0.1, 0.15) is 24.4 Å². The van der Waals surface area contributed by atoms with Gasteiger partial charge in [-0.3, -0.25) is 4.79 Å². The number of rotatable bonds is 8. The van der Waals surface area contributed by atoms with Crippen molar-refractivity contribution in [2.45, 2.75) is 25.9 Å². The molecule has 1 unspecified atom stereocenters. The molecule has 7 heteroatoms. The summed E-state index contributed by atoms with van der Waals surface area (Å²) in [5, 5.41) is 4.38. The molecule has 164 valence electrons. The molecule has 32 heavy (non-hydrogen) atoms. The Bertz CT molecular complexity index is 1200. The number of fused-ring (bicyclic) bond motifs is 1. The first-order valence-corrected chi connectivity index (χ1v) is 11.1. The van der Waals surface area contributed by atoms with Crippen molar-refractivity contribution in [2.75, 3.05) is 6.61 Å². The number of aromatic nitrogens is 2. The first-order chi connectivity index (χ1) is 15.5. The Morgan fingerprint density at radius 1 is 1.00 bits per heavy atom. The van der Waals surface area contributed by atoms with E-state index in [0.29, 0.717) is 23.2 Å². The zero-order valence-corrected chi connectivity index (χ0v) is 19.1. The average Bonchev–Trinajstić information content (AvgIpc) is 3.15. The van der Waals surface area contributed by atoms with Crippen molar-refractivity contribution in [3.63, 3.8) is 0 Å². The van der Waals surface area contributed by atoms with Crippen LogP contribution in [0.5, 0.6) is 5.75 Å². The van der Waals surface area contributed by atoms with Gasteiger partial charge in [-0.1, -0.05) is 47.5 Å². The van der Waals surface area contributed by atoms with Crippen molar-refractivity contribution in [2.24, 2.45) is 0 Å². The third-order valence-corrected chi connectivity index (χ3v) is 5.63. The second kappa shape index (κ2) is 10.1. The van der Waals surface area contributed by atoms with Crippen molar-refractivity contribution in [3.05, 3.63) is 94.2 Å². The van der Waals surface area contributed by atoms with E-state index >= 15 is 0 Å². The highest BCUT2D eigenvalue weighted by Gasteiger charge is 2.18. The molecule has 0 aliphatic heterocycles. The first-order valence-electron chi connectivity index (χ1n) is 10.4. The average molecular weight is 468 g/mol. The summed E-state index contributed by atoms with van der Waals surface area (Å²) in [5.41, 5.74) is 2.79. The molecule has 0 aliphatic carbocycles. The number of benzene rings is 3. The Hall–Kier alpha value is -3.02. The minimum absolute atomic E-state index is 0.0733. The summed E-state index contributed by atoms with van der Waals surface area (Å²) in [5.74, 6) is 1.47. The first kappa shape index (κ1) is 22.2. The van der Waals surface area contributed by atoms with E-state index in [1.165, 1.54) is 0 Å². The quantitative estimate of drug-likeness (QED) is 0.353. The summed E-state index contributed by atoms with van der Waals surface area (Å²) < 4.78 is 7.98. The maximum Gasteiger partial charge on any atom is 0.224 e. The van der Waals surface area contributed by atoms with Gasteiger partial charge in [0.25, 0.3) is 0 Å². The fourth-order valence-electron chi connectivity index (χ4n) is 3.59. The molecule has 5 nitrogen and oxygen atoms in total. The Kier molecular flexibility index (Phi) is 6.98. The summed E-state index contributed by atoms with van der Waals surface area (Å²) >= 11 is 11.9. The molecule has 0 fully saturated rings. The van der Waals surface area contributed by atoms with E-state index < -0.39 is 0 Å². The van der Waals surface area contributed by atoms with E-state index in [1.54, 1.807) is 24.3 Å². The van der Waals surface area contributed by atoms with Gasteiger partial charge in [0.15, 0.2) is 0 Å². The van der Waals surface area contributed by atoms with Crippen LogP contribution in [0.2, 0.25) is 10.0 Å². The van der Waals surface area contributed by atoms with Gasteiger partial charge in [-0.05, 0) is 61.0 Å². The molecule has 1 atom stereocenters. The summed E-state index contributed by atoms with van der Waals surface area (Å²) in [4.78, 5) is 17.4. The number of hydrogen-bond donors (Lipinski definition) is 1. The predicted octanol–water partition coefficient (Wildman–Crippen LogP) is 5.84. The highest BCUT2D eigenvalue weighted by atomic mass is 35.5. The Labute approximate surface area is 196 Å². The molecule has 1 amide bonds. The van der Waals surface area contributed by atoms with Crippen molar-refractivity contribution < 1.29 is 9.53 Å². The van der Waals surface area contributed by atoms with Crippen molar-refractivity contribution >= 4 is 40.1 Å². The SMILES string of the molecule is CC(NC(=O)Cc1ccc(Cl)cc1)c1nc2ccccc2n1CCOc1ccc(Cl)cc1. The fraction of sp³-hybridized carbons (Fsp3) is 0.200. The lowest BCUT2D eigenvalue weighted by Gasteiger charge is -2.17. The second-order valence-corrected chi connectivity index (χ2v) is 8.38. The molecule has 4 aromatic rings. The predicted molar refractivity (Wildman–Crippen MR) is 128 cm³/mol. The van der Waals surface area contributed by atoms with Gasteiger partial charge in [-0.15, -0.1) is 0 Å². The zero-order chi connectivity index (χ0) is 22.5. The molecule has 3 aromatic carbocycles. The van der Waals surface area contributed by atoms with Crippen LogP contribution in [0, 0.1) is 0 Å². The molecule has 0 saturated heterocycles. The number of ether oxygens (including phenoxy) is 1. The highest BCUT2D eigenvalue weighted by molar-refractivity contribution is 6.30. The lowest BCUT2D eigenvalue weighted by Crippen LogP contribution is -2.30. The van der Waals surface area contributed by atoms with E-state index in [0.717, 1.165) is 28.2 Å². The number of imidazole rings is 1. The lowest BCUT2D eigenvalue weighted by atomic mass is 10.1. The van der Waals surface area contributed by atoms with Crippen LogP contribution < -0.4 is 10.1 Å². The zero-order valence-electron chi connectivity index (χ0n) is 17.6. The molecule has 0 bridgehead atoms. The summed E-state index contributed by atoms with van der Waals surface area (Å²) in [6.07, 6.45) is 0.279. The fourth-order valence-corrected chi connectivity index (χ4v) is 3.84. The van der Waals surface area contributed by atoms with Gasteiger partial charge in [0, 0.05) is 10.0 Å². The van der Waals surface area contributed by atoms with Crippen LogP contribution in [0.3, 0.4) is 0 Å². The smallest absolute Gasteiger partial charge is 0.224 e.